The highest BCUT2D eigenvalue weighted by Gasteiger charge is 2.53. The Morgan fingerprint density at radius 3 is 1.82 bits per heavy atom. The number of carbonyl (C=O) groups is 5. The first-order chi connectivity index (χ1) is 16.0. The summed E-state index contributed by atoms with van der Waals surface area (Å²) in [5, 5.41) is 2.58. The standard InChI is InChI=1S/C22H35NO11/c1-6-7-8-9-10-11-23-22(28)34-21-20(32-16(5)27)19(31-15(4)26)18(30-14(3)25)17(33-21)12-29-13(2)24/h17-21H,6-12H2,1-5H3,(H,23,28)/t17-,18-,19+,20-,21+/m1/s1. The van der Waals surface area contributed by atoms with Gasteiger partial charge in [-0.2, -0.15) is 0 Å². The van der Waals surface area contributed by atoms with Crippen LogP contribution in [0, 0.1) is 0 Å². The van der Waals surface area contributed by atoms with E-state index in [0.717, 1.165) is 59.8 Å². The maximum Gasteiger partial charge on any atom is 0.409 e. The van der Waals surface area contributed by atoms with Crippen molar-refractivity contribution in [3.8, 4) is 0 Å². The summed E-state index contributed by atoms with van der Waals surface area (Å²) in [6, 6.07) is 0. The number of hydrogen-bond donors (Lipinski definition) is 1. The molecule has 0 saturated carbocycles. The summed E-state index contributed by atoms with van der Waals surface area (Å²) in [6.07, 6.45) is -2.80. The zero-order valence-corrected chi connectivity index (χ0v) is 20.3. The zero-order valence-electron chi connectivity index (χ0n) is 20.3. The molecule has 12 nitrogen and oxygen atoms in total. The average Bonchev–Trinajstić information content (AvgIpc) is 2.72. The lowest BCUT2D eigenvalue weighted by molar-refractivity contribution is -0.294. The molecule has 0 bridgehead atoms. The van der Waals surface area contributed by atoms with Crippen LogP contribution in [0.2, 0.25) is 0 Å². The second kappa shape index (κ2) is 15.1. The largest absolute Gasteiger partial charge is 0.463 e. The number of nitrogens with one attached hydrogen (secondary N) is 1. The normalized spacial score (nSPS) is 23.9. The molecule has 0 aromatic carbocycles. The third-order valence-corrected chi connectivity index (χ3v) is 4.72. The number of rotatable bonds is 12. The summed E-state index contributed by atoms with van der Waals surface area (Å²) in [5.74, 6) is -2.95. The van der Waals surface area contributed by atoms with Crippen LogP contribution in [0.1, 0.15) is 66.7 Å². The van der Waals surface area contributed by atoms with Gasteiger partial charge < -0.3 is 33.7 Å². The van der Waals surface area contributed by atoms with Crippen molar-refractivity contribution in [2.24, 2.45) is 0 Å². The van der Waals surface area contributed by atoms with Gasteiger partial charge in [0.2, 0.25) is 12.4 Å². The highest BCUT2D eigenvalue weighted by molar-refractivity contribution is 5.69. The summed E-state index contributed by atoms with van der Waals surface area (Å²) in [4.78, 5) is 58.9. The fraction of sp³-hybridized carbons (Fsp3) is 0.773. The molecule has 34 heavy (non-hydrogen) atoms. The molecule has 12 heteroatoms. The lowest BCUT2D eigenvalue weighted by atomic mass is 9.98. The van der Waals surface area contributed by atoms with Crippen LogP contribution in [-0.2, 0) is 47.6 Å². The Balaban J connectivity index is 3.06. The van der Waals surface area contributed by atoms with E-state index in [4.69, 9.17) is 28.4 Å². The first-order valence-corrected chi connectivity index (χ1v) is 11.3. The van der Waals surface area contributed by atoms with E-state index in [1.165, 1.54) is 0 Å². The summed E-state index contributed by atoms with van der Waals surface area (Å²) in [7, 11) is 0. The maximum atomic E-state index is 12.4. The minimum atomic E-state index is -1.54. The van der Waals surface area contributed by atoms with Gasteiger partial charge in [0, 0.05) is 34.2 Å². The van der Waals surface area contributed by atoms with E-state index < -0.39 is 67.3 Å². The van der Waals surface area contributed by atoms with Gasteiger partial charge in [-0.15, -0.1) is 0 Å². The van der Waals surface area contributed by atoms with Crippen molar-refractivity contribution < 1.29 is 52.4 Å². The molecule has 5 atom stereocenters. The topological polar surface area (TPSA) is 153 Å². The molecule has 1 heterocycles. The van der Waals surface area contributed by atoms with Crippen molar-refractivity contribution >= 4 is 30.0 Å². The van der Waals surface area contributed by atoms with Gasteiger partial charge in [0.25, 0.3) is 0 Å². The molecule has 1 fully saturated rings. The number of carbonyl (C=O) groups excluding carboxylic acids is 5. The lowest BCUT2D eigenvalue weighted by Crippen LogP contribution is -2.63. The molecule has 1 amide bonds. The smallest absolute Gasteiger partial charge is 0.409 e. The fourth-order valence-corrected chi connectivity index (χ4v) is 3.35. The average molecular weight is 490 g/mol. The number of amides is 1. The van der Waals surface area contributed by atoms with Gasteiger partial charge in [-0.05, 0) is 6.42 Å². The van der Waals surface area contributed by atoms with Gasteiger partial charge in [-0.3, -0.25) is 19.2 Å². The Kier molecular flexibility index (Phi) is 12.9. The van der Waals surface area contributed by atoms with Crippen LogP contribution < -0.4 is 5.32 Å². The van der Waals surface area contributed by atoms with Crippen molar-refractivity contribution in [3.63, 3.8) is 0 Å². The molecule has 0 aromatic rings. The fourth-order valence-electron chi connectivity index (χ4n) is 3.35. The monoisotopic (exact) mass is 489 g/mol. The molecule has 1 saturated heterocycles. The molecular formula is C22H35NO11. The quantitative estimate of drug-likeness (QED) is 0.242. The molecule has 1 aliphatic rings. The van der Waals surface area contributed by atoms with Crippen LogP contribution in [0.15, 0.2) is 0 Å². The molecule has 0 aliphatic carbocycles. The second-order valence-electron chi connectivity index (χ2n) is 7.81. The molecule has 1 aliphatic heterocycles. The minimum absolute atomic E-state index is 0.355. The van der Waals surface area contributed by atoms with Crippen molar-refractivity contribution in [3.05, 3.63) is 0 Å². The first-order valence-electron chi connectivity index (χ1n) is 11.3. The lowest BCUT2D eigenvalue weighted by Gasteiger charge is -2.43. The molecule has 1 rings (SSSR count). The summed E-state index contributed by atoms with van der Waals surface area (Å²) in [5.41, 5.74) is 0. The van der Waals surface area contributed by atoms with Crippen LogP contribution in [0.3, 0.4) is 0 Å². The summed E-state index contributed by atoms with van der Waals surface area (Å²) in [6.45, 7) is 6.53. The number of ether oxygens (including phenoxy) is 6. The summed E-state index contributed by atoms with van der Waals surface area (Å²) < 4.78 is 31.7. The third kappa shape index (κ3) is 10.8. The van der Waals surface area contributed by atoms with E-state index in [2.05, 4.69) is 12.2 Å². The van der Waals surface area contributed by atoms with Crippen LogP contribution in [0.5, 0.6) is 0 Å². The van der Waals surface area contributed by atoms with Crippen LogP contribution >= 0.6 is 0 Å². The minimum Gasteiger partial charge on any atom is -0.463 e. The number of hydrogen-bond acceptors (Lipinski definition) is 11. The van der Waals surface area contributed by atoms with E-state index in [9.17, 15) is 24.0 Å². The molecule has 1 N–H and O–H groups in total. The van der Waals surface area contributed by atoms with Crippen molar-refractivity contribution in [1.29, 1.82) is 0 Å². The molecule has 0 spiro atoms. The van der Waals surface area contributed by atoms with Gasteiger partial charge in [-0.1, -0.05) is 32.6 Å². The van der Waals surface area contributed by atoms with E-state index in [1.54, 1.807) is 0 Å². The van der Waals surface area contributed by atoms with E-state index in [1.807, 2.05) is 0 Å². The van der Waals surface area contributed by atoms with E-state index >= 15 is 0 Å². The SMILES string of the molecule is CCCCCCCNC(=O)O[C@@H]1O[C@H](COC(C)=O)[C@@H](OC(C)=O)[C@H](OC(C)=O)[C@H]1OC(C)=O. The van der Waals surface area contributed by atoms with Crippen molar-refractivity contribution in [2.45, 2.75) is 97.4 Å². The number of esters is 4. The Bertz CT molecular complexity index is 711. The van der Waals surface area contributed by atoms with Crippen LogP contribution in [-0.4, -0.2) is 73.8 Å². The van der Waals surface area contributed by atoms with Crippen LogP contribution in [0.25, 0.3) is 0 Å². The van der Waals surface area contributed by atoms with Crippen molar-refractivity contribution in [1.82, 2.24) is 5.32 Å². The Labute approximate surface area is 198 Å². The van der Waals surface area contributed by atoms with Gasteiger partial charge in [0.05, 0.1) is 0 Å². The maximum absolute atomic E-state index is 12.4. The molecule has 0 radical (unpaired) electrons. The Morgan fingerprint density at radius 1 is 0.706 bits per heavy atom. The van der Waals surface area contributed by atoms with E-state index in [0.29, 0.717) is 6.54 Å². The van der Waals surface area contributed by atoms with Gasteiger partial charge in [0.15, 0.2) is 12.2 Å². The van der Waals surface area contributed by atoms with E-state index in [-0.39, 0.29) is 0 Å². The molecule has 0 aromatic heterocycles. The first kappa shape index (κ1) is 29.1. The Hall–Kier alpha value is -2.89. The van der Waals surface area contributed by atoms with Crippen LogP contribution in [0.4, 0.5) is 4.79 Å². The van der Waals surface area contributed by atoms with Gasteiger partial charge in [-0.25, -0.2) is 4.79 Å². The second-order valence-corrected chi connectivity index (χ2v) is 7.81. The van der Waals surface area contributed by atoms with Gasteiger partial charge >= 0.3 is 30.0 Å². The molecular weight excluding hydrogens is 454 g/mol. The highest BCUT2D eigenvalue weighted by Crippen LogP contribution is 2.30. The molecule has 0 unspecified atom stereocenters. The summed E-state index contributed by atoms with van der Waals surface area (Å²) >= 11 is 0. The zero-order chi connectivity index (χ0) is 25.7. The predicted octanol–water partition coefficient (Wildman–Crippen LogP) is 1.77. The van der Waals surface area contributed by atoms with Crippen molar-refractivity contribution in [2.75, 3.05) is 13.2 Å². The Morgan fingerprint density at radius 2 is 1.26 bits per heavy atom. The highest BCUT2D eigenvalue weighted by atomic mass is 16.8. The number of alkyl carbamates (subject to hydrolysis) is 1. The number of unbranched alkanes of at least 4 members (excludes halogenated alkanes) is 4. The third-order valence-electron chi connectivity index (χ3n) is 4.72. The molecule has 194 valence electrons. The van der Waals surface area contributed by atoms with Gasteiger partial charge in [0.1, 0.15) is 12.7 Å². The predicted molar refractivity (Wildman–Crippen MR) is 115 cm³/mol.